The van der Waals surface area contributed by atoms with Crippen LogP contribution >= 0.6 is 0 Å². The number of rotatable bonds is 15. The molecule has 43 heavy (non-hydrogen) atoms. The first-order chi connectivity index (χ1) is 20.3. The van der Waals surface area contributed by atoms with E-state index in [9.17, 15) is 34.2 Å². The largest absolute Gasteiger partial charge is 0.508 e. The first kappa shape index (κ1) is 32.6. The van der Waals surface area contributed by atoms with E-state index in [1.807, 2.05) is 24.3 Å². The summed E-state index contributed by atoms with van der Waals surface area (Å²) in [5.41, 5.74) is 13.4. The first-order valence-corrected chi connectivity index (χ1v) is 13.9. The topological polar surface area (TPSA) is 230 Å². The zero-order valence-electron chi connectivity index (χ0n) is 24.0. The molecule has 0 saturated carbocycles. The minimum Gasteiger partial charge on any atom is -0.508 e. The summed E-state index contributed by atoms with van der Waals surface area (Å²) in [4.78, 5) is 66.4. The molecule has 0 radical (unpaired) electrons. The highest BCUT2D eigenvalue weighted by molar-refractivity contribution is 5.95. The lowest BCUT2D eigenvalue weighted by Gasteiger charge is -2.25. The summed E-state index contributed by atoms with van der Waals surface area (Å²) in [5.74, 6) is -4.41. The maximum atomic E-state index is 13.6. The zero-order valence-corrected chi connectivity index (χ0v) is 24.0. The van der Waals surface area contributed by atoms with Gasteiger partial charge in [0.1, 0.15) is 23.9 Å². The minimum atomic E-state index is -1.38. The van der Waals surface area contributed by atoms with Crippen molar-refractivity contribution in [1.29, 1.82) is 0 Å². The number of aliphatic carboxylic acids is 1. The van der Waals surface area contributed by atoms with Gasteiger partial charge in [-0.2, -0.15) is 0 Å². The number of H-pyrrole nitrogens is 1. The van der Waals surface area contributed by atoms with Gasteiger partial charge >= 0.3 is 5.97 Å². The van der Waals surface area contributed by atoms with E-state index in [0.29, 0.717) is 5.56 Å². The van der Waals surface area contributed by atoms with Crippen LogP contribution in [0.4, 0.5) is 0 Å². The predicted molar refractivity (Wildman–Crippen MR) is 158 cm³/mol. The third-order valence-corrected chi connectivity index (χ3v) is 7.06. The number of hydrogen-bond acceptors (Lipinski definition) is 7. The Bertz CT molecular complexity index is 1450. The van der Waals surface area contributed by atoms with E-state index in [0.717, 1.165) is 16.5 Å². The first-order valence-electron chi connectivity index (χ1n) is 13.9. The van der Waals surface area contributed by atoms with E-state index in [2.05, 4.69) is 20.9 Å². The van der Waals surface area contributed by atoms with Crippen molar-refractivity contribution in [3.05, 3.63) is 65.9 Å². The van der Waals surface area contributed by atoms with Gasteiger partial charge in [-0.05, 0) is 41.7 Å². The summed E-state index contributed by atoms with van der Waals surface area (Å²) in [5, 5.41) is 27.7. The number of aromatic amines is 1. The van der Waals surface area contributed by atoms with Crippen molar-refractivity contribution in [2.75, 3.05) is 0 Å². The molecule has 13 nitrogen and oxygen atoms in total. The number of nitrogens with one attached hydrogen (secondary N) is 4. The van der Waals surface area contributed by atoms with E-state index in [-0.39, 0.29) is 37.4 Å². The van der Waals surface area contributed by atoms with E-state index in [1.54, 1.807) is 20.0 Å². The molecule has 0 fully saturated rings. The number of para-hydroxylation sites is 1. The van der Waals surface area contributed by atoms with Gasteiger partial charge in [0.15, 0.2) is 0 Å². The SMILES string of the molecule is CC(C)C(N)C(=O)NC(Cc1c[nH]c2ccccc12)C(=O)NC(CCC(N)=O)C(=O)NC(Cc1ccc(O)cc1)C(=O)O. The van der Waals surface area contributed by atoms with E-state index >= 15 is 0 Å². The number of nitrogens with two attached hydrogens (primary N) is 2. The second kappa shape index (κ2) is 14.8. The van der Waals surface area contributed by atoms with Gasteiger partial charge in [0.05, 0.1) is 6.04 Å². The molecule has 2 aromatic carbocycles. The highest BCUT2D eigenvalue weighted by Crippen LogP contribution is 2.20. The second-order valence-corrected chi connectivity index (χ2v) is 10.7. The van der Waals surface area contributed by atoms with Crippen LogP contribution in [0.25, 0.3) is 10.9 Å². The Labute approximate surface area is 248 Å². The molecule has 3 rings (SSSR count). The number of carbonyl (C=O) groups is 5. The van der Waals surface area contributed by atoms with Gasteiger partial charge in [-0.3, -0.25) is 19.2 Å². The molecule has 10 N–H and O–H groups in total. The smallest absolute Gasteiger partial charge is 0.326 e. The molecule has 4 amide bonds. The Hall–Kier alpha value is -4.91. The van der Waals surface area contributed by atoms with Crippen molar-refractivity contribution < 1.29 is 34.2 Å². The van der Waals surface area contributed by atoms with Crippen LogP contribution in [0.1, 0.15) is 37.8 Å². The van der Waals surface area contributed by atoms with Crippen LogP contribution in [0, 0.1) is 5.92 Å². The highest BCUT2D eigenvalue weighted by atomic mass is 16.4. The quantitative estimate of drug-likeness (QED) is 0.123. The third kappa shape index (κ3) is 9.30. The molecular formula is C30H38N6O7. The number of benzene rings is 2. The number of carboxylic acid groups (broad SMARTS) is 1. The summed E-state index contributed by atoms with van der Waals surface area (Å²) in [6.45, 7) is 3.53. The van der Waals surface area contributed by atoms with Gasteiger partial charge in [0, 0.05) is 36.4 Å². The van der Waals surface area contributed by atoms with Crippen molar-refractivity contribution in [3.63, 3.8) is 0 Å². The molecule has 1 aromatic heterocycles. The average molecular weight is 595 g/mol. The summed E-state index contributed by atoms with van der Waals surface area (Å²) >= 11 is 0. The van der Waals surface area contributed by atoms with Crippen molar-refractivity contribution in [3.8, 4) is 5.75 Å². The second-order valence-electron chi connectivity index (χ2n) is 10.7. The molecule has 0 aliphatic carbocycles. The summed E-state index contributed by atoms with van der Waals surface area (Å²) in [7, 11) is 0. The standard InChI is InChI=1S/C30H38N6O7/c1-16(2)26(32)29(41)35-23(14-18-15-33-21-6-4-3-5-20(18)21)28(40)34-22(11-12-25(31)38)27(39)36-24(30(42)43)13-17-7-9-19(37)10-8-17/h3-10,15-16,22-24,26,33,37H,11-14,32H2,1-2H3,(H2,31,38)(H,34,40)(H,35,41)(H,36,39)(H,42,43). The van der Waals surface area contributed by atoms with Crippen LogP contribution in [0.2, 0.25) is 0 Å². The van der Waals surface area contributed by atoms with Crippen LogP contribution in [-0.4, -0.2) is 69.0 Å². The molecule has 4 atom stereocenters. The number of aromatic hydroxyl groups is 1. The van der Waals surface area contributed by atoms with Crippen LogP contribution in [0.5, 0.6) is 5.75 Å². The molecule has 4 unspecified atom stereocenters. The Balaban J connectivity index is 1.84. The van der Waals surface area contributed by atoms with E-state index in [4.69, 9.17) is 11.5 Å². The molecule has 0 saturated heterocycles. The van der Waals surface area contributed by atoms with Crippen LogP contribution < -0.4 is 27.4 Å². The Morgan fingerprint density at radius 2 is 1.44 bits per heavy atom. The minimum absolute atomic E-state index is 0.00230. The molecule has 0 aliphatic rings. The van der Waals surface area contributed by atoms with Crippen molar-refractivity contribution in [2.24, 2.45) is 17.4 Å². The van der Waals surface area contributed by atoms with Gasteiger partial charge in [-0.1, -0.05) is 44.2 Å². The molecule has 1 heterocycles. The summed E-state index contributed by atoms with van der Waals surface area (Å²) < 4.78 is 0. The number of fused-ring (bicyclic) bond motifs is 1. The monoisotopic (exact) mass is 594 g/mol. The van der Waals surface area contributed by atoms with Gasteiger partial charge in [0.2, 0.25) is 23.6 Å². The molecule has 230 valence electrons. The number of carboxylic acids is 1. The Kier molecular flexibility index (Phi) is 11.2. The van der Waals surface area contributed by atoms with E-state index < -0.39 is 53.8 Å². The normalized spacial score (nSPS) is 14.0. The number of phenols is 1. The highest BCUT2D eigenvalue weighted by Gasteiger charge is 2.31. The lowest BCUT2D eigenvalue weighted by Crippen LogP contribution is -2.58. The maximum absolute atomic E-state index is 13.6. The number of amides is 4. The fourth-order valence-electron chi connectivity index (χ4n) is 4.47. The van der Waals surface area contributed by atoms with Crippen LogP contribution in [0.15, 0.2) is 54.7 Å². The number of hydrogen-bond donors (Lipinski definition) is 8. The lowest BCUT2D eigenvalue weighted by atomic mass is 10.0. The number of carbonyl (C=O) groups excluding carboxylic acids is 4. The van der Waals surface area contributed by atoms with Gasteiger partial charge in [-0.15, -0.1) is 0 Å². The zero-order chi connectivity index (χ0) is 31.7. The van der Waals surface area contributed by atoms with Crippen molar-refractivity contribution in [2.45, 2.75) is 63.7 Å². The summed E-state index contributed by atoms with van der Waals surface area (Å²) in [6, 6.07) is 8.44. The van der Waals surface area contributed by atoms with E-state index in [1.165, 1.54) is 24.3 Å². The van der Waals surface area contributed by atoms with Crippen LogP contribution in [-0.2, 0) is 36.8 Å². The van der Waals surface area contributed by atoms with Gasteiger partial charge in [-0.25, -0.2) is 4.79 Å². The Morgan fingerprint density at radius 3 is 2.07 bits per heavy atom. The molecule has 13 heteroatoms. The molecule has 3 aromatic rings. The maximum Gasteiger partial charge on any atom is 0.326 e. The molecular weight excluding hydrogens is 556 g/mol. The van der Waals surface area contributed by atoms with Crippen molar-refractivity contribution in [1.82, 2.24) is 20.9 Å². The fourth-order valence-corrected chi connectivity index (χ4v) is 4.47. The molecule has 0 bridgehead atoms. The molecule has 0 spiro atoms. The number of primary amides is 1. The number of aromatic nitrogens is 1. The van der Waals surface area contributed by atoms with Gasteiger partial charge in [0.25, 0.3) is 0 Å². The third-order valence-electron chi connectivity index (χ3n) is 7.06. The summed E-state index contributed by atoms with van der Waals surface area (Å²) in [6.07, 6.45) is 1.18. The Morgan fingerprint density at radius 1 is 0.837 bits per heavy atom. The predicted octanol–water partition coefficient (Wildman–Crippen LogP) is 0.447. The van der Waals surface area contributed by atoms with Crippen molar-refractivity contribution >= 4 is 40.5 Å². The average Bonchev–Trinajstić information content (AvgIpc) is 3.37. The number of phenolic OH excluding ortho intramolecular Hbond substituents is 1. The van der Waals surface area contributed by atoms with Crippen LogP contribution in [0.3, 0.4) is 0 Å². The lowest BCUT2D eigenvalue weighted by molar-refractivity contribution is -0.142. The molecule has 0 aliphatic heterocycles. The van der Waals surface area contributed by atoms with Gasteiger partial charge < -0.3 is 42.6 Å². The fraction of sp³-hybridized carbons (Fsp3) is 0.367.